The summed E-state index contributed by atoms with van der Waals surface area (Å²) in [5.41, 5.74) is 4.89. The van der Waals surface area contributed by atoms with Gasteiger partial charge >= 0.3 is 0 Å². The lowest BCUT2D eigenvalue weighted by molar-refractivity contribution is -0.115. The van der Waals surface area contributed by atoms with E-state index < -0.39 is 0 Å². The Kier molecular flexibility index (Phi) is 7.49. The molecule has 6 heteroatoms. The summed E-state index contributed by atoms with van der Waals surface area (Å²) < 4.78 is 0. The second-order valence-electron chi connectivity index (χ2n) is 7.04. The Labute approximate surface area is 187 Å². The minimum atomic E-state index is -0.240. The van der Waals surface area contributed by atoms with Crippen LogP contribution < -0.4 is 16.0 Å². The van der Waals surface area contributed by atoms with Crippen molar-refractivity contribution in [2.75, 3.05) is 16.0 Å². The number of carbonyl (C=O) groups is 1. The van der Waals surface area contributed by atoms with Gasteiger partial charge in [0.1, 0.15) is 0 Å². The minimum absolute atomic E-state index is 0.0217. The molecule has 0 spiro atoms. The monoisotopic (exact) mass is 435 g/mol. The molecular formula is C24H25N3OS2. The summed E-state index contributed by atoms with van der Waals surface area (Å²) in [6, 6.07) is 23.7. The predicted octanol–water partition coefficient (Wildman–Crippen LogP) is 6.23. The highest BCUT2D eigenvalue weighted by Crippen LogP contribution is 2.27. The standard InChI is InChI=1S/C24H25N3OS2/c1-16-12-13-22(17(2)14-16)27-23(28)18(3)30-21-11-7-10-20(15-21)26-24(29)25-19-8-5-4-6-9-19/h4-15,18H,1-3H3,(H,27,28)(H2,25,26,29). The first-order chi connectivity index (χ1) is 14.4. The molecule has 0 aliphatic carbocycles. The second kappa shape index (κ2) is 10.3. The quantitative estimate of drug-likeness (QED) is 0.316. The zero-order valence-corrected chi connectivity index (χ0v) is 18.9. The summed E-state index contributed by atoms with van der Waals surface area (Å²) in [6.07, 6.45) is 0. The summed E-state index contributed by atoms with van der Waals surface area (Å²) in [4.78, 5) is 13.6. The molecule has 0 saturated carbocycles. The van der Waals surface area contributed by atoms with Crippen molar-refractivity contribution < 1.29 is 4.79 Å². The van der Waals surface area contributed by atoms with Crippen LogP contribution in [0.4, 0.5) is 17.1 Å². The number of thiocarbonyl (C=S) groups is 1. The van der Waals surface area contributed by atoms with Crippen LogP contribution in [0.15, 0.2) is 77.7 Å². The summed E-state index contributed by atoms with van der Waals surface area (Å²) >= 11 is 6.90. The summed E-state index contributed by atoms with van der Waals surface area (Å²) in [6.45, 7) is 5.95. The van der Waals surface area contributed by atoms with Gasteiger partial charge in [-0.15, -0.1) is 11.8 Å². The third kappa shape index (κ3) is 6.34. The van der Waals surface area contributed by atoms with Crippen molar-refractivity contribution >= 4 is 52.1 Å². The lowest BCUT2D eigenvalue weighted by Gasteiger charge is -2.15. The molecule has 0 radical (unpaired) electrons. The van der Waals surface area contributed by atoms with Gasteiger partial charge < -0.3 is 16.0 Å². The summed E-state index contributed by atoms with van der Waals surface area (Å²) in [7, 11) is 0. The molecule has 0 bridgehead atoms. The molecule has 1 atom stereocenters. The maximum Gasteiger partial charge on any atom is 0.237 e. The SMILES string of the molecule is Cc1ccc(NC(=O)C(C)Sc2cccc(NC(=S)Nc3ccccc3)c2)c(C)c1. The average molecular weight is 436 g/mol. The smallest absolute Gasteiger partial charge is 0.237 e. The molecule has 3 rings (SSSR count). The van der Waals surface area contributed by atoms with Gasteiger partial charge in [-0.2, -0.15) is 0 Å². The van der Waals surface area contributed by atoms with Gasteiger partial charge in [0, 0.05) is 22.0 Å². The number of hydrogen-bond acceptors (Lipinski definition) is 3. The van der Waals surface area contributed by atoms with E-state index >= 15 is 0 Å². The summed E-state index contributed by atoms with van der Waals surface area (Å²) in [5.74, 6) is -0.0217. The molecule has 3 aromatic rings. The fourth-order valence-corrected chi connectivity index (χ4v) is 4.07. The van der Waals surface area contributed by atoms with Crippen molar-refractivity contribution in [1.82, 2.24) is 0 Å². The average Bonchev–Trinajstić information content (AvgIpc) is 2.71. The van der Waals surface area contributed by atoms with E-state index in [0.717, 1.165) is 27.5 Å². The van der Waals surface area contributed by atoms with E-state index in [4.69, 9.17) is 12.2 Å². The Bertz CT molecular complexity index is 1040. The van der Waals surface area contributed by atoms with Crippen molar-refractivity contribution in [2.24, 2.45) is 0 Å². The molecule has 3 aromatic carbocycles. The number of carbonyl (C=O) groups excluding carboxylic acids is 1. The first-order valence-electron chi connectivity index (χ1n) is 9.68. The zero-order valence-electron chi connectivity index (χ0n) is 17.2. The van der Waals surface area contributed by atoms with E-state index in [1.165, 1.54) is 17.3 Å². The fourth-order valence-electron chi connectivity index (χ4n) is 2.91. The van der Waals surface area contributed by atoms with Gasteiger partial charge in [0.25, 0.3) is 0 Å². The highest BCUT2D eigenvalue weighted by atomic mass is 32.2. The van der Waals surface area contributed by atoms with Crippen molar-refractivity contribution in [3.05, 3.63) is 83.9 Å². The Morgan fingerprint density at radius 2 is 1.57 bits per heavy atom. The highest BCUT2D eigenvalue weighted by molar-refractivity contribution is 8.00. The minimum Gasteiger partial charge on any atom is -0.332 e. The van der Waals surface area contributed by atoms with Crippen LogP contribution in [0.2, 0.25) is 0 Å². The normalized spacial score (nSPS) is 11.4. The lowest BCUT2D eigenvalue weighted by Crippen LogP contribution is -2.23. The van der Waals surface area contributed by atoms with Gasteiger partial charge in [-0.25, -0.2) is 0 Å². The van der Waals surface area contributed by atoms with Crippen LogP contribution in [0.5, 0.6) is 0 Å². The number of para-hydroxylation sites is 1. The maximum absolute atomic E-state index is 12.6. The van der Waals surface area contributed by atoms with Gasteiger partial charge in [-0.1, -0.05) is 42.0 Å². The maximum atomic E-state index is 12.6. The number of benzene rings is 3. The number of anilines is 3. The number of hydrogen-bond donors (Lipinski definition) is 3. The third-order valence-corrected chi connectivity index (χ3v) is 5.74. The first-order valence-corrected chi connectivity index (χ1v) is 11.0. The lowest BCUT2D eigenvalue weighted by atomic mass is 10.1. The van der Waals surface area contributed by atoms with Crippen molar-refractivity contribution in [1.29, 1.82) is 0 Å². The van der Waals surface area contributed by atoms with Crippen LogP contribution >= 0.6 is 24.0 Å². The number of thioether (sulfide) groups is 1. The largest absolute Gasteiger partial charge is 0.332 e. The van der Waals surface area contributed by atoms with E-state index in [-0.39, 0.29) is 11.2 Å². The molecular weight excluding hydrogens is 410 g/mol. The van der Waals surface area contributed by atoms with Crippen LogP contribution in [0.25, 0.3) is 0 Å². The van der Waals surface area contributed by atoms with Crippen LogP contribution in [-0.4, -0.2) is 16.3 Å². The first kappa shape index (κ1) is 21.9. The summed E-state index contributed by atoms with van der Waals surface area (Å²) in [5, 5.41) is 9.65. The molecule has 0 fully saturated rings. The van der Waals surface area contributed by atoms with E-state index in [2.05, 4.69) is 22.0 Å². The Morgan fingerprint density at radius 3 is 2.30 bits per heavy atom. The van der Waals surface area contributed by atoms with Crippen LogP contribution in [0.3, 0.4) is 0 Å². The molecule has 0 aromatic heterocycles. The molecule has 0 heterocycles. The Balaban J connectivity index is 1.58. The van der Waals surface area contributed by atoms with Gasteiger partial charge in [-0.3, -0.25) is 4.79 Å². The number of amides is 1. The van der Waals surface area contributed by atoms with Crippen molar-refractivity contribution in [3.63, 3.8) is 0 Å². The predicted molar refractivity (Wildman–Crippen MR) is 133 cm³/mol. The van der Waals surface area contributed by atoms with E-state index in [1.807, 2.05) is 87.5 Å². The van der Waals surface area contributed by atoms with Gasteiger partial charge in [0.15, 0.2) is 5.11 Å². The number of rotatable bonds is 6. The topological polar surface area (TPSA) is 53.2 Å². The molecule has 0 aliphatic heterocycles. The molecule has 0 aliphatic rings. The van der Waals surface area contributed by atoms with Gasteiger partial charge in [0.05, 0.1) is 5.25 Å². The van der Waals surface area contributed by atoms with E-state index in [0.29, 0.717) is 5.11 Å². The molecule has 0 saturated heterocycles. The molecule has 4 nitrogen and oxygen atoms in total. The van der Waals surface area contributed by atoms with Crippen molar-refractivity contribution in [2.45, 2.75) is 30.9 Å². The molecule has 1 unspecified atom stereocenters. The van der Waals surface area contributed by atoms with Crippen LogP contribution in [0, 0.1) is 13.8 Å². The van der Waals surface area contributed by atoms with E-state index in [9.17, 15) is 4.79 Å². The van der Waals surface area contributed by atoms with Crippen LogP contribution in [0.1, 0.15) is 18.1 Å². The van der Waals surface area contributed by atoms with Crippen molar-refractivity contribution in [3.8, 4) is 0 Å². The molecule has 3 N–H and O–H groups in total. The third-order valence-electron chi connectivity index (χ3n) is 4.45. The van der Waals surface area contributed by atoms with Crippen LogP contribution in [-0.2, 0) is 4.79 Å². The molecule has 1 amide bonds. The van der Waals surface area contributed by atoms with Gasteiger partial charge in [0.2, 0.25) is 5.91 Å². The zero-order chi connectivity index (χ0) is 21.5. The van der Waals surface area contributed by atoms with E-state index in [1.54, 1.807) is 0 Å². The number of nitrogens with one attached hydrogen (secondary N) is 3. The molecule has 30 heavy (non-hydrogen) atoms. The number of aryl methyl sites for hydroxylation is 2. The Morgan fingerprint density at radius 1 is 0.867 bits per heavy atom. The molecule has 154 valence electrons. The highest BCUT2D eigenvalue weighted by Gasteiger charge is 2.15. The Hall–Kier alpha value is -2.83. The van der Waals surface area contributed by atoms with Gasteiger partial charge in [-0.05, 0) is 75.0 Å². The fraction of sp³-hybridized carbons (Fsp3) is 0.167. The second-order valence-corrected chi connectivity index (χ2v) is 8.86.